The zero-order chi connectivity index (χ0) is 17.1. The number of ketones is 1. The van der Waals surface area contributed by atoms with Crippen LogP contribution in [-0.4, -0.2) is 25.0 Å². The average Bonchev–Trinajstić information content (AvgIpc) is 2.81. The fraction of sp³-hybridized carbons (Fsp3) is 0.222. The lowest BCUT2D eigenvalue weighted by Crippen LogP contribution is -2.09. The predicted octanol–water partition coefficient (Wildman–Crippen LogP) is 3.92. The summed E-state index contributed by atoms with van der Waals surface area (Å²) in [5, 5.41) is 0.299. The molecule has 0 saturated carbocycles. The number of Topliss-reactive ketones (excluding diaryl/α,β-unsaturated/α-hetero) is 1. The van der Waals surface area contributed by atoms with Gasteiger partial charge in [-0.2, -0.15) is 0 Å². The second-order valence-electron chi connectivity index (χ2n) is 5.31. The Labute approximate surface area is 144 Å². The summed E-state index contributed by atoms with van der Waals surface area (Å²) in [4.78, 5) is 23.6. The maximum absolute atomic E-state index is 12.3. The molecule has 0 fully saturated rings. The van der Waals surface area contributed by atoms with Crippen molar-refractivity contribution in [2.45, 2.75) is 13.3 Å². The Morgan fingerprint density at radius 3 is 2.46 bits per heavy atom. The van der Waals surface area contributed by atoms with Crippen molar-refractivity contribution >= 4 is 23.4 Å². The largest absolute Gasteiger partial charge is 0.489 e. The lowest BCUT2D eigenvalue weighted by atomic mass is 10.1. The van der Waals surface area contributed by atoms with Gasteiger partial charge in [-0.1, -0.05) is 11.6 Å². The van der Waals surface area contributed by atoms with Gasteiger partial charge >= 0.3 is 5.97 Å². The third-order valence-corrected chi connectivity index (χ3v) is 3.79. The molecule has 0 N–H and O–H groups in total. The summed E-state index contributed by atoms with van der Waals surface area (Å²) in [6.07, 6.45) is 0.743. The molecule has 0 bridgehead atoms. The van der Waals surface area contributed by atoms with Crippen LogP contribution in [0.5, 0.6) is 17.2 Å². The zero-order valence-corrected chi connectivity index (χ0v) is 13.8. The van der Waals surface area contributed by atoms with E-state index >= 15 is 0 Å². The van der Waals surface area contributed by atoms with Gasteiger partial charge in [-0.15, -0.1) is 0 Å². The zero-order valence-electron chi connectivity index (χ0n) is 13.0. The molecule has 0 atom stereocenters. The van der Waals surface area contributed by atoms with Crippen LogP contribution in [0.2, 0.25) is 5.02 Å². The Morgan fingerprint density at radius 2 is 1.75 bits per heavy atom. The number of fused-ring (bicyclic) bond motifs is 1. The standard InChI is InChI=1S/C18H15ClO5/c1-11(20)12-3-5-14(6-4-12)24-18(21)13-9-15(19)17-16(10-13)22-7-2-8-23-17/h3-6,9-10H,2,7-8H2,1H3. The van der Waals surface area contributed by atoms with Crippen molar-refractivity contribution in [2.24, 2.45) is 0 Å². The lowest BCUT2D eigenvalue weighted by molar-refractivity contribution is 0.0734. The van der Waals surface area contributed by atoms with Crippen LogP contribution in [0.3, 0.4) is 0 Å². The smallest absolute Gasteiger partial charge is 0.343 e. The summed E-state index contributed by atoms with van der Waals surface area (Å²) in [7, 11) is 0. The Kier molecular flexibility index (Phi) is 4.71. The Morgan fingerprint density at radius 1 is 1.04 bits per heavy atom. The van der Waals surface area contributed by atoms with Crippen LogP contribution in [0.4, 0.5) is 0 Å². The number of carbonyl (C=O) groups excluding carboxylic acids is 2. The number of rotatable bonds is 3. The molecule has 0 radical (unpaired) electrons. The van der Waals surface area contributed by atoms with Crippen molar-refractivity contribution in [3.63, 3.8) is 0 Å². The Bertz CT molecular complexity index is 783. The van der Waals surface area contributed by atoms with Crippen molar-refractivity contribution in [2.75, 3.05) is 13.2 Å². The first-order chi connectivity index (χ1) is 11.5. The topological polar surface area (TPSA) is 61.8 Å². The van der Waals surface area contributed by atoms with Gasteiger partial charge in [0.05, 0.1) is 23.8 Å². The predicted molar refractivity (Wildman–Crippen MR) is 88.5 cm³/mol. The highest BCUT2D eigenvalue weighted by Gasteiger charge is 2.19. The fourth-order valence-corrected chi connectivity index (χ4v) is 2.54. The van der Waals surface area contributed by atoms with Crippen LogP contribution in [0.1, 0.15) is 34.1 Å². The Hall–Kier alpha value is -2.53. The van der Waals surface area contributed by atoms with Crippen molar-refractivity contribution in [3.05, 3.63) is 52.5 Å². The van der Waals surface area contributed by atoms with E-state index in [2.05, 4.69) is 0 Å². The molecule has 0 aromatic heterocycles. The van der Waals surface area contributed by atoms with Gasteiger partial charge in [0.15, 0.2) is 17.3 Å². The number of hydrogen-bond donors (Lipinski definition) is 0. The number of ether oxygens (including phenoxy) is 3. The van der Waals surface area contributed by atoms with Gasteiger partial charge < -0.3 is 14.2 Å². The number of benzene rings is 2. The van der Waals surface area contributed by atoms with Crippen LogP contribution < -0.4 is 14.2 Å². The molecule has 0 unspecified atom stereocenters. The van der Waals surface area contributed by atoms with Gasteiger partial charge in [-0.3, -0.25) is 4.79 Å². The number of halogens is 1. The third kappa shape index (κ3) is 3.51. The first kappa shape index (κ1) is 16.3. The molecule has 124 valence electrons. The van der Waals surface area contributed by atoms with Gasteiger partial charge in [0, 0.05) is 12.0 Å². The molecule has 1 heterocycles. The van der Waals surface area contributed by atoms with E-state index < -0.39 is 5.97 Å². The normalized spacial score (nSPS) is 13.1. The quantitative estimate of drug-likeness (QED) is 0.479. The molecule has 24 heavy (non-hydrogen) atoms. The number of hydrogen-bond acceptors (Lipinski definition) is 5. The summed E-state index contributed by atoms with van der Waals surface area (Å²) >= 11 is 6.17. The molecule has 1 aliphatic heterocycles. The molecule has 0 amide bonds. The van der Waals surface area contributed by atoms with Crippen molar-refractivity contribution in [1.29, 1.82) is 0 Å². The van der Waals surface area contributed by atoms with Crippen molar-refractivity contribution < 1.29 is 23.8 Å². The molecule has 0 saturated heterocycles. The van der Waals surface area contributed by atoms with E-state index in [0.717, 1.165) is 6.42 Å². The second kappa shape index (κ2) is 6.93. The van der Waals surface area contributed by atoms with Crippen LogP contribution >= 0.6 is 11.6 Å². The lowest BCUT2D eigenvalue weighted by Gasteiger charge is -2.11. The van der Waals surface area contributed by atoms with E-state index in [0.29, 0.717) is 41.0 Å². The molecule has 2 aromatic carbocycles. The van der Waals surface area contributed by atoms with E-state index in [1.165, 1.54) is 13.0 Å². The molecular weight excluding hydrogens is 332 g/mol. The monoisotopic (exact) mass is 346 g/mol. The van der Waals surface area contributed by atoms with Crippen molar-refractivity contribution in [1.82, 2.24) is 0 Å². The van der Waals surface area contributed by atoms with Crippen LogP contribution in [0.15, 0.2) is 36.4 Å². The molecule has 0 spiro atoms. The highest BCUT2D eigenvalue weighted by Crippen LogP contribution is 2.38. The minimum Gasteiger partial charge on any atom is -0.489 e. The molecule has 0 aliphatic carbocycles. The van der Waals surface area contributed by atoms with Crippen molar-refractivity contribution in [3.8, 4) is 17.2 Å². The van der Waals surface area contributed by atoms with Crippen LogP contribution in [0, 0.1) is 0 Å². The average molecular weight is 347 g/mol. The summed E-state index contributed by atoms with van der Waals surface area (Å²) in [6, 6.07) is 9.39. The maximum Gasteiger partial charge on any atom is 0.343 e. The maximum atomic E-state index is 12.3. The number of esters is 1. The summed E-state index contributed by atoms with van der Waals surface area (Å²) in [5.74, 6) is 0.592. The van der Waals surface area contributed by atoms with E-state index in [-0.39, 0.29) is 11.3 Å². The second-order valence-corrected chi connectivity index (χ2v) is 5.71. The molecular formula is C18H15ClO5. The summed E-state index contributed by atoms with van der Waals surface area (Å²) < 4.78 is 16.4. The highest BCUT2D eigenvalue weighted by atomic mass is 35.5. The first-order valence-electron chi connectivity index (χ1n) is 7.47. The van der Waals surface area contributed by atoms with E-state index in [1.807, 2.05) is 0 Å². The summed E-state index contributed by atoms with van der Waals surface area (Å²) in [6.45, 7) is 2.48. The fourth-order valence-electron chi connectivity index (χ4n) is 2.27. The first-order valence-corrected chi connectivity index (χ1v) is 7.85. The molecule has 5 nitrogen and oxygen atoms in total. The third-order valence-electron chi connectivity index (χ3n) is 3.51. The van der Waals surface area contributed by atoms with Crippen LogP contribution in [-0.2, 0) is 0 Å². The van der Waals surface area contributed by atoms with Crippen LogP contribution in [0.25, 0.3) is 0 Å². The van der Waals surface area contributed by atoms with Gasteiger partial charge in [-0.25, -0.2) is 4.79 Å². The molecule has 2 aromatic rings. The molecule has 6 heteroatoms. The summed E-state index contributed by atoms with van der Waals surface area (Å²) in [5.41, 5.74) is 0.813. The SMILES string of the molecule is CC(=O)c1ccc(OC(=O)c2cc(Cl)c3c(c2)OCCCO3)cc1. The van der Waals surface area contributed by atoms with Gasteiger partial charge in [-0.05, 0) is 43.3 Å². The van der Waals surface area contributed by atoms with Gasteiger partial charge in [0.1, 0.15) is 5.75 Å². The van der Waals surface area contributed by atoms with Gasteiger partial charge in [0.2, 0.25) is 0 Å². The highest BCUT2D eigenvalue weighted by molar-refractivity contribution is 6.32. The van der Waals surface area contributed by atoms with E-state index in [1.54, 1.807) is 30.3 Å². The minimum absolute atomic E-state index is 0.0532. The van der Waals surface area contributed by atoms with E-state index in [9.17, 15) is 9.59 Å². The minimum atomic E-state index is -0.567. The van der Waals surface area contributed by atoms with E-state index in [4.69, 9.17) is 25.8 Å². The number of carbonyl (C=O) groups is 2. The van der Waals surface area contributed by atoms with Gasteiger partial charge in [0.25, 0.3) is 0 Å². The molecule has 3 rings (SSSR count). The Balaban J connectivity index is 1.81. The molecule has 1 aliphatic rings.